The molecule has 1 aliphatic rings. The zero-order valence-electron chi connectivity index (χ0n) is 13.3. The number of carbonyl (C=O) groups excluding carboxylic acids is 1. The molecule has 1 aromatic carbocycles. The maximum absolute atomic E-state index is 12.5. The number of nitrogens with zero attached hydrogens (tertiary/aromatic N) is 1. The van der Waals surface area contributed by atoms with Crippen LogP contribution in [0.4, 0.5) is 0 Å². The number of carboxylic acid groups (broad SMARTS) is 1. The Kier molecular flexibility index (Phi) is 5.06. The van der Waals surface area contributed by atoms with E-state index in [9.17, 15) is 14.7 Å². The quantitative estimate of drug-likeness (QED) is 0.927. The lowest BCUT2D eigenvalue weighted by molar-refractivity contribution is -0.149. The van der Waals surface area contributed by atoms with Crippen molar-refractivity contribution in [3.05, 3.63) is 29.8 Å². The van der Waals surface area contributed by atoms with Crippen molar-refractivity contribution < 1.29 is 19.4 Å². The Bertz CT molecular complexity index is 557. The van der Waals surface area contributed by atoms with Gasteiger partial charge in [0.15, 0.2) is 6.10 Å². The first-order chi connectivity index (χ1) is 10.4. The summed E-state index contributed by atoms with van der Waals surface area (Å²) in [6.45, 7) is 6.49. The number of benzene rings is 1. The van der Waals surface area contributed by atoms with Gasteiger partial charge in [-0.1, -0.05) is 19.1 Å². The molecule has 0 saturated carbocycles. The normalized spacial score (nSPS) is 23.0. The van der Waals surface area contributed by atoms with Gasteiger partial charge >= 0.3 is 5.97 Å². The van der Waals surface area contributed by atoms with Gasteiger partial charge in [0.1, 0.15) is 5.75 Å². The number of piperidine rings is 1. The number of hydrogen-bond donors (Lipinski definition) is 1. The lowest BCUT2D eigenvalue weighted by Gasteiger charge is -2.36. The van der Waals surface area contributed by atoms with Gasteiger partial charge in [-0.05, 0) is 43.9 Å². The molecule has 1 heterocycles. The van der Waals surface area contributed by atoms with Gasteiger partial charge in [0.2, 0.25) is 0 Å². The standard InChI is InChI=1S/C17H23NO4/c1-11-5-4-6-15(8-11)22-13(3)16(19)18-9-12(2)7-14(10-18)17(20)21/h4-6,8,12-14H,7,9-10H2,1-3H3,(H,20,21). The summed E-state index contributed by atoms with van der Waals surface area (Å²) in [4.78, 5) is 25.3. The third-order valence-corrected chi connectivity index (χ3v) is 3.97. The van der Waals surface area contributed by atoms with Gasteiger partial charge in [-0.15, -0.1) is 0 Å². The topological polar surface area (TPSA) is 66.8 Å². The van der Waals surface area contributed by atoms with Crippen molar-refractivity contribution in [1.82, 2.24) is 4.90 Å². The molecule has 3 atom stereocenters. The second-order valence-corrected chi connectivity index (χ2v) is 6.20. The van der Waals surface area contributed by atoms with Crippen LogP contribution < -0.4 is 4.74 Å². The van der Waals surface area contributed by atoms with E-state index < -0.39 is 18.0 Å². The molecule has 0 radical (unpaired) electrons. The number of aliphatic carboxylic acids is 1. The minimum Gasteiger partial charge on any atom is -0.481 e. The smallest absolute Gasteiger partial charge is 0.308 e. The molecule has 1 amide bonds. The summed E-state index contributed by atoms with van der Waals surface area (Å²) in [6.07, 6.45) is -0.00628. The van der Waals surface area contributed by atoms with E-state index in [0.717, 1.165) is 5.56 Å². The van der Waals surface area contributed by atoms with Crippen LogP contribution in [0.15, 0.2) is 24.3 Å². The van der Waals surface area contributed by atoms with Gasteiger partial charge in [0.25, 0.3) is 5.91 Å². The summed E-state index contributed by atoms with van der Waals surface area (Å²) < 4.78 is 5.70. The molecule has 0 bridgehead atoms. The highest BCUT2D eigenvalue weighted by Crippen LogP contribution is 2.23. The summed E-state index contributed by atoms with van der Waals surface area (Å²) in [5, 5.41) is 9.19. The van der Waals surface area contributed by atoms with Crippen molar-refractivity contribution in [2.45, 2.75) is 33.3 Å². The van der Waals surface area contributed by atoms with Crippen LogP contribution in [0.5, 0.6) is 5.75 Å². The van der Waals surface area contributed by atoms with Crippen molar-refractivity contribution in [1.29, 1.82) is 0 Å². The molecule has 1 saturated heterocycles. The Morgan fingerprint density at radius 1 is 1.36 bits per heavy atom. The van der Waals surface area contributed by atoms with Crippen LogP contribution in [0.3, 0.4) is 0 Å². The Balaban J connectivity index is 2.01. The molecule has 1 aliphatic heterocycles. The molecule has 0 aliphatic carbocycles. The van der Waals surface area contributed by atoms with Crippen LogP contribution in [0.2, 0.25) is 0 Å². The second-order valence-electron chi connectivity index (χ2n) is 6.20. The number of aryl methyl sites for hydroxylation is 1. The fourth-order valence-corrected chi connectivity index (χ4v) is 2.91. The van der Waals surface area contributed by atoms with Crippen LogP contribution in [-0.2, 0) is 9.59 Å². The van der Waals surface area contributed by atoms with Crippen LogP contribution in [-0.4, -0.2) is 41.1 Å². The number of rotatable bonds is 4. The lowest BCUT2D eigenvalue weighted by Crippen LogP contribution is -2.49. The van der Waals surface area contributed by atoms with Gasteiger partial charge in [-0.2, -0.15) is 0 Å². The minimum absolute atomic E-state index is 0.153. The molecule has 1 fully saturated rings. The fourth-order valence-electron chi connectivity index (χ4n) is 2.91. The van der Waals surface area contributed by atoms with Crippen molar-refractivity contribution in [2.24, 2.45) is 11.8 Å². The zero-order valence-corrected chi connectivity index (χ0v) is 13.3. The van der Waals surface area contributed by atoms with Crippen LogP contribution in [0, 0.1) is 18.8 Å². The summed E-state index contributed by atoms with van der Waals surface area (Å²) >= 11 is 0. The Labute approximate surface area is 130 Å². The van der Waals surface area contributed by atoms with E-state index in [4.69, 9.17) is 4.74 Å². The Morgan fingerprint density at radius 3 is 2.73 bits per heavy atom. The van der Waals surface area contributed by atoms with E-state index in [1.54, 1.807) is 11.8 Å². The molecule has 3 unspecified atom stereocenters. The van der Waals surface area contributed by atoms with E-state index in [-0.39, 0.29) is 18.4 Å². The third-order valence-electron chi connectivity index (χ3n) is 3.97. The van der Waals surface area contributed by atoms with Gasteiger partial charge in [0, 0.05) is 13.1 Å². The highest BCUT2D eigenvalue weighted by molar-refractivity contribution is 5.82. The van der Waals surface area contributed by atoms with Gasteiger partial charge in [-0.25, -0.2) is 0 Å². The van der Waals surface area contributed by atoms with Crippen molar-refractivity contribution in [3.63, 3.8) is 0 Å². The first-order valence-corrected chi connectivity index (χ1v) is 7.61. The predicted octanol–water partition coefficient (Wildman–Crippen LogP) is 2.33. The van der Waals surface area contributed by atoms with E-state index in [0.29, 0.717) is 18.7 Å². The van der Waals surface area contributed by atoms with E-state index in [1.807, 2.05) is 38.1 Å². The average Bonchev–Trinajstić information content (AvgIpc) is 2.45. The van der Waals surface area contributed by atoms with E-state index >= 15 is 0 Å². The number of amides is 1. The maximum Gasteiger partial charge on any atom is 0.308 e. The number of hydrogen-bond acceptors (Lipinski definition) is 3. The summed E-state index contributed by atoms with van der Waals surface area (Å²) in [5.74, 6) is -0.638. The first kappa shape index (κ1) is 16.3. The molecule has 5 nitrogen and oxygen atoms in total. The third kappa shape index (κ3) is 4.00. The molecule has 5 heteroatoms. The molecule has 2 rings (SSSR count). The summed E-state index contributed by atoms with van der Waals surface area (Å²) in [6, 6.07) is 7.53. The fraction of sp³-hybridized carbons (Fsp3) is 0.529. The highest BCUT2D eigenvalue weighted by atomic mass is 16.5. The monoisotopic (exact) mass is 305 g/mol. The Hall–Kier alpha value is -2.04. The largest absolute Gasteiger partial charge is 0.481 e. The molecular formula is C17H23NO4. The first-order valence-electron chi connectivity index (χ1n) is 7.61. The second kappa shape index (κ2) is 6.81. The average molecular weight is 305 g/mol. The molecule has 22 heavy (non-hydrogen) atoms. The number of ether oxygens (including phenoxy) is 1. The van der Waals surface area contributed by atoms with Crippen molar-refractivity contribution >= 4 is 11.9 Å². The zero-order chi connectivity index (χ0) is 16.3. The highest BCUT2D eigenvalue weighted by Gasteiger charge is 2.34. The van der Waals surface area contributed by atoms with Crippen LogP contribution in [0.25, 0.3) is 0 Å². The molecule has 0 aromatic heterocycles. The van der Waals surface area contributed by atoms with E-state index in [1.165, 1.54) is 0 Å². The summed E-state index contributed by atoms with van der Waals surface area (Å²) in [5.41, 5.74) is 1.06. The number of carboxylic acids is 1. The number of likely N-dealkylation sites (tertiary alicyclic amines) is 1. The summed E-state index contributed by atoms with van der Waals surface area (Å²) in [7, 11) is 0. The van der Waals surface area contributed by atoms with E-state index in [2.05, 4.69) is 0 Å². The molecule has 120 valence electrons. The molecule has 1 N–H and O–H groups in total. The SMILES string of the molecule is Cc1cccc(OC(C)C(=O)N2CC(C)CC(C(=O)O)C2)c1. The predicted molar refractivity (Wildman–Crippen MR) is 82.8 cm³/mol. The van der Waals surface area contributed by atoms with Gasteiger partial charge < -0.3 is 14.7 Å². The lowest BCUT2D eigenvalue weighted by atomic mass is 9.90. The van der Waals surface area contributed by atoms with Gasteiger partial charge in [0.05, 0.1) is 5.92 Å². The maximum atomic E-state index is 12.5. The van der Waals surface area contributed by atoms with Gasteiger partial charge in [-0.3, -0.25) is 9.59 Å². The molecule has 1 aromatic rings. The minimum atomic E-state index is -0.836. The van der Waals surface area contributed by atoms with Crippen molar-refractivity contribution in [3.8, 4) is 5.75 Å². The molecular weight excluding hydrogens is 282 g/mol. The Morgan fingerprint density at radius 2 is 2.09 bits per heavy atom. The number of carbonyl (C=O) groups is 2. The van der Waals surface area contributed by atoms with Crippen LogP contribution >= 0.6 is 0 Å². The van der Waals surface area contributed by atoms with Crippen LogP contribution in [0.1, 0.15) is 25.8 Å². The molecule has 0 spiro atoms. The van der Waals surface area contributed by atoms with Crippen molar-refractivity contribution in [2.75, 3.05) is 13.1 Å².